The van der Waals surface area contributed by atoms with Crippen LogP contribution >= 0.6 is 11.3 Å². The lowest BCUT2D eigenvalue weighted by Gasteiger charge is -2.11. The van der Waals surface area contributed by atoms with Crippen LogP contribution in [0, 0.1) is 0 Å². The van der Waals surface area contributed by atoms with Gasteiger partial charge in [-0.2, -0.15) is 13.2 Å². The van der Waals surface area contributed by atoms with Crippen LogP contribution in [0.1, 0.15) is 35.4 Å². The molecule has 1 aliphatic rings. The molecule has 2 aromatic rings. The minimum Gasteiger partial charge on any atom is -0.323 e. The van der Waals surface area contributed by atoms with Gasteiger partial charge < -0.3 is 4.84 Å². The lowest BCUT2D eigenvalue weighted by molar-refractivity contribution is -0.137. The van der Waals surface area contributed by atoms with Gasteiger partial charge >= 0.3 is 12.1 Å². The van der Waals surface area contributed by atoms with Gasteiger partial charge in [0, 0.05) is 0 Å². The van der Waals surface area contributed by atoms with Gasteiger partial charge in [0.05, 0.1) is 17.3 Å². The summed E-state index contributed by atoms with van der Waals surface area (Å²) in [5.41, 5.74) is 0.0937. The predicted molar refractivity (Wildman–Crippen MR) is 69.5 cm³/mol. The second kappa shape index (κ2) is 5.16. The molecule has 3 rings (SSSR count). The molecule has 0 saturated heterocycles. The van der Waals surface area contributed by atoms with Gasteiger partial charge in [0.1, 0.15) is 4.88 Å². The Kier molecular flexibility index (Phi) is 3.40. The maximum Gasteiger partial charge on any atom is 0.443 e. The number of hydrogen-bond acceptors (Lipinski definition) is 6. The van der Waals surface area contributed by atoms with Crippen molar-refractivity contribution in [3.05, 3.63) is 51.5 Å². The van der Waals surface area contributed by atoms with E-state index in [2.05, 4.69) is 9.82 Å². The molecule has 1 aromatic heterocycles. The third-order valence-corrected chi connectivity index (χ3v) is 3.90. The van der Waals surface area contributed by atoms with E-state index in [1.807, 2.05) is 0 Å². The van der Waals surface area contributed by atoms with Crippen molar-refractivity contribution < 1.29 is 32.4 Å². The first-order chi connectivity index (χ1) is 10.8. The minimum atomic E-state index is -4.70. The number of halogens is 3. The van der Waals surface area contributed by atoms with Crippen LogP contribution in [-0.4, -0.2) is 27.8 Å². The SMILES string of the molecule is O=C(ON1C(=O)c2ccccc2C1=O)c1cnc(C(F)(F)F)s1. The summed E-state index contributed by atoms with van der Waals surface area (Å²) in [5, 5.41) is -1.01. The smallest absolute Gasteiger partial charge is 0.323 e. The van der Waals surface area contributed by atoms with E-state index >= 15 is 0 Å². The fourth-order valence-corrected chi connectivity index (χ4v) is 2.53. The number of thiazole rings is 1. The number of hydroxylamine groups is 2. The zero-order valence-corrected chi connectivity index (χ0v) is 11.8. The van der Waals surface area contributed by atoms with Gasteiger partial charge in [0.25, 0.3) is 11.8 Å². The van der Waals surface area contributed by atoms with Crippen LogP contribution in [0.4, 0.5) is 13.2 Å². The summed E-state index contributed by atoms with van der Waals surface area (Å²) in [7, 11) is 0. The van der Waals surface area contributed by atoms with Crippen molar-refractivity contribution in [2.45, 2.75) is 6.18 Å². The van der Waals surface area contributed by atoms with Gasteiger partial charge in [-0.15, -0.1) is 11.3 Å². The number of fused-ring (bicyclic) bond motifs is 1. The molecule has 0 aliphatic carbocycles. The summed E-state index contributed by atoms with van der Waals surface area (Å²) in [4.78, 5) is 43.0. The molecule has 2 heterocycles. The molecule has 0 radical (unpaired) electrons. The molecule has 0 saturated carbocycles. The third-order valence-electron chi connectivity index (χ3n) is 2.88. The molecule has 0 spiro atoms. The standard InChI is InChI=1S/C13H5F3N2O4S/c14-13(15,16)12-17-5-8(23-12)11(21)22-18-9(19)6-3-1-2-4-7(6)10(18)20/h1-5H. The number of amides is 2. The molecular weight excluding hydrogens is 337 g/mol. The van der Waals surface area contributed by atoms with Gasteiger partial charge in [-0.3, -0.25) is 9.59 Å². The van der Waals surface area contributed by atoms with Crippen molar-refractivity contribution in [3.63, 3.8) is 0 Å². The average molecular weight is 342 g/mol. The molecule has 118 valence electrons. The Bertz CT molecular complexity index is 796. The summed E-state index contributed by atoms with van der Waals surface area (Å²) in [6.45, 7) is 0. The largest absolute Gasteiger partial charge is 0.443 e. The van der Waals surface area contributed by atoms with Crippen LogP contribution in [0.3, 0.4) is 0 Å². The molecule has 0 atom stereocenters. The van der Waals surface area contributed by atoms with Gasteiger partial charge in [-0.1, -0.05) is 17.2 Å². The number of hydrogen-bond donors (Lipinski definition) is 0. The zero-order valence-electron chi connectivity index (χ0n) is 11.0. The Balaban J connectivity index is 1.81. The van der Waals surface area contributed by atoms with Gasteiger partial charge in [-0.25, -0.2) is 9.78 Å². The van der Waals surface area contributed by atoms with E-state index in [1.165, 1.54) is 24.3 Å². The molecule has 0 N–H and O–H groups in total. The number of alkyl halides is 3. The monoisotopic (exact) mass is 342 g/mol. The van der Waals surface area contributed by atoms with Crippen LogP contribution in [-0.2, 0) is 11.0 Å². The maximum absolute atomic E-state index is 12.4. The second-order valence-corrected chi connectivity index (χ2v) is 5.39. The topological polar surface area (TPSA) is 76.6 Å². The summed E-state index contributed by atoms with van der Waals surface area (Å²) >= 11 is 0.0577. The third kappa shape index (κ3) is 2.57. The first-order valence-corrected chi connectivity index (χ1v) is 6.84. The Hall–Kier alpha value is -2.75. The van der Waals surface area contributed by atoms with E-state index in [0.717, 1.165) is 0 Å². The number of carbonyl (C=O) groups is 3. The summed E-state index contributed by atoms with van der Waals surface area (Å²) in [5.74, 6) is -2.99. The molecule has 0 unspecified atom stereocenters. The fraction of sp³-hybridized carbons (Fsp3) is 0.0769. The summed E-state index contributed by atoms with van der Waals surface area (Å²) in [6.07, 6.45) is -4.02. The Morgan fingerprint density at radius 1 is 1.13 bits per heavy atom. The number of benzene rings is 1. The molecule has 0 fully saturated rings. The van der Waals surface area contributed by atoms with Crippen molar-refractivity contribution in [1.82, 2.24) is 10.0 Å². The van der Waals surface area contributed by atoms with Crippen molar-refractivity contribution in [1.29, 1.82) is 0 Å². The number of carbonyl (C=O) groups excluding carboxylic acids is 3. The van der Waals surface area contributed by atoms with Gasteiger partial charge in [0.2, 0.25) is 0 Å². The average Bonchev–Trinajstić information content (AvgIpc) is 3.08. The highest BCUT2D eigenvalue weighted by Crippen LogP contribution is 2.33. The fourth-order valence-electron chi connectivity index (χ4n) is 1.88. The van der Waals surface area contributed by atoms with E-state index in [1.54, 1.807) is 0 Å². The highest BCUT2D eigenvalue weighted by molar-refractivity contribution is 7.13. The normalized spacial score (nSPS) is 14.1. The number of aromatic nitrogens is 1. The highest BCUT2D eigenvalue weighted by atomic mass is 32.1. The molecule has 1 aliphatic heterocycles. The van der Waals surface area contributed by atoms with Crippen LogP contribution < -0.4 is 0 Å². The molecule has 23 heavy (non-hydrogen) atoms. The van der Waals surface area contributed by atoms with Crippen LogP contribution in [0.15, 0.2) is 30.5 Å². The van der Waals surface area contributed by atoms with E-state index in [4.69, 9.17) is 0 Å². The Morgan fingerprint density at radius 2 is 1.70 bits per heavy atom. The minimum absolute atomic E-state index is 0.0468. The maximum atomic E-state index is 12.4. The Labute approximate surface area is 130 Å². The van der Waals surface area contributed by atoms with Gasteiger partial charge in [0.15, 0.2) is 5.01 Å². The molecular formula is C13H5F3N2O4S. The van der Waals surface area contributed by atoms with E-state index in [-0.39, 0.29) is 27.5 Å². The lowest BCUT2D eigenvalue weighted by Crippen LogP contribution is -2.32. The van der Waals surface area contributed by atoms with Crippen molar-refractivity contribution in [2.24, 2.45) is 0 Å². The van der Waals surface area contributed by atoms with Crippen molar-refractivity contribution in [2.75, 3.05) is 0 Å². The number of nitrogens with zero attached hydrogens (tertiary/aromatic N) is 2. The summed E-state index contributed by atoms with van der Waals surface area (Å²) in [6, 6.07) is 5.79. The first-order valence-electron chi connectivity index (χ1n) is 6.02. The first kappa shape index (κ1) is 15.2. The van der Waals surface area contributed by atoms with E-state index in [9.17, 15) is 27.6 Å². The van der Waals surface area contributed by atoms with Crippen molar-refractivity contribution >= 4 is 29.1 Å². The van der Waals surface area contributed by atoms with Gasteiger partial charge in [-0.05, 0) is 12.1 Å². The quantitative estimate of drug-likeness (QED) is 0.784. The number of rotatable bonds is 2. The molecule has 6 nitrogen and oxygen atoms in total. The number of imide groups is 1. The van der Waals surface area contributed by atoms with E-state index < -0.39 is 33.8 Å². The van der Waals surface area contributed by atoms with Crippen LogP contribution in [0.5, 0.6) is 0 Å². The van der Waals surface area contributed by atoms with Crippen LogP contribution in [0.25, 0.3) is 0 Å². The van der Waals surface area contributed by atoms with Crippen LogP contribution in [0.2, 0.25) is 0 Å². The zero-order chi connectivity index (χ0) is 16.8. The Morgan fingerprint density at radius 3 is 2.17 bits per heavy atom. The van der Waals surface area contributed by atoms with Crippen molar-refractivity contribution in [3.8, 4) is 0 Å². The molecule has 2 amide bonds. The molecule has 10 heteroatoms. The lowest BCUT2D eigenvalue weighted by atomic mass is 10.1. The highest BCUT2D eigenvalue weighted by Gasteiger charge is 2.40. The molecule has 0 bridgehead atoms. The van der Waals surface area contributed by atoms with E-state index in [0.29, 0.717) is 6.20 Å². The predicted octanol–water partition coefficient (Wildman–Crippen LogP) is 2.53. The second-order valence-electron chi connectivity index (χ2n) is 4.36. The summed E-state index contributed by atoms with van der Waals surface area (Å²) < 4.78 is 37.3. The molecule has 1 aromatic carbocycles.